The lowest BCUT2D eigenvalue weighted by Gasteiger charge is -2.33. The maximum Gasteiger partial charge on any atom is 0.244 e. The number of rotatable bonds is 9. The van der Waals surface area contributed by atoms with Crippen LogP contribution in [0.2, 0.25) is 5.02 Å². The first-order valence-corrected chi connectivity index (χ1v) is 14.2. The van der Waals surface area contributed by atoms with Crippen LogP contribution in [0.4, 0.5) is 5.69 Å². The van der Waals surface area contributed by atoms with Gasteiger partial charge in [0.2, 0.25) is 21.8 Å². The number of hydrogen-bond acceptors (Lipinski definition) is 4. The standard InChI is InChI=1S/C26H34ClN3O4S/c1-19-13-15-23(16-14-19)30(35(3,33)34)18-25(31)29(17-21-9-7-8-12-24(21)27)20(2)26(32)28-22-10-5-4-6-11-22/h7-9,12-16,20,22H,4-6,10-11,17-18H2,1-3H3,(H,28,32). The van der Waals surface area contributed by atoms with E-state index in [1.807, 2.05) is 13.0 Å². The van der Waals surface area contributed by atoms with Crippen LogP contribution in [0.3, 0.4) is 0 Å². The van der Waals surface area contributed by atoms with Gasteiger partial charge in [-0.25, -0.2) is 8.42 Å². The van der Waals surface area contributed by atoms with Crippen molar-refractivity contribution in [1.29, 1.82) is 0 Å². The molecule has 0 aliphatic heterocycles. The summed E-state index contributed by atoms with van der Waals surface area (Å²) in [6.45, 7) is 3.23. The van der Waals surface area contributed by atoms with Gasteiger partial charge in [0.15, 0.2) is 0 Å². The average molecular weight is 520 g/mol. The normalized spacial score (nSPS) is 15.3. The molecule has 0 saturated heterocycles. The van der Waals surface area contributed by atoms with Gasteiger partial charge in [-0.2, -0.15) is 0 Å². The lowest BCUT2D eigenvalue weighted by atomic mass is 9.95. The Balaban J connectivity index is 1.87. The Morgan fingerprint density at radius 3 is 2.29 bits per heavy atom. The molecule has 9 heteroatoms. The molecule has 2 aromatic carbocycles. The van der Waals surface area contributed by atoms with Crippen molar-refractivity contribution in [2.24, 2.45) is 0 Å². The summed E-state index contributed by atoms with van der Waals surface area (Å²) in [7, 11) is -3.75. The summed E-state index contributed by atoms with van der Waals surface area (Å²) in [5.74, 6) is -0.735. The van der Waals surface area contributed by atoms with E-state index in [2.05, 4.69) is 5.32 Å². The second-order valence-corrected chi connectivity index (χ2v) is 11.6. The lowest BCUT2D eigenvalue weighted by Crippen LogP contribution is -2.53. The molecule has 2 aromatic rings. The maximum atomic E-state index is 13.6. The third-order valence-corrected chi connectivity index (χ3v) is 7.93. The Hall–Kier alpha value is -2.58. The monoisotopic (exact) mass is 519 g/mol. The van der Waals surface area contributed by atoms with Gasteiger partial charge in [0.05, 0.1) is 11.9 Å². The number of halogens is 1. The van der Waals surface area contributed by atoms with Gasteiger partial charge in [0.1, 0.15) is 12.6 Å². The van der Waals surface area contributed by atoms with Crippen LogP contribution in [-0.2, 0) is 26.2 Å². The molecule has 1 N–H and O–H groups in total. The van der Waals surface area contributed by atoms with Crippen LogP contribution in [0.5, 0.6) is 0 Å². The summed E-state index contributed by atoms with van der Waals surface area (Å²) in [4.78, 5) is 28.2. The molecular formula is C26H34ClN3O4S. The predicted molar refractivity (Wildman–Crippen MR) is 140 cm³/mol. The van der Waals surface area contributed by atoms with Gasteiger partial charge in [-0.05, 0) is 50.5 Å². The number of sulfonamides is 1. The fourth-order valence-electron chi connectivity index (χ4n) is 4.29. The first-order valence-electron chi connectivity index (χ1n) is 11.9. The molecule has 1 atom stereocenters. The van der Waals surface area contributed by atoms with E-state index in [1.54, 1.807) is 49.4 Å². The zero-order valence-corrected chi connectivity index (χ0v) is 22.1. The highest BCUT2D eigenvalue weighted by Gasteiger charge is 2.31. The van der Waals surface area contributed by atoms with Crippen LogP contribution < -0.4 is 9.62 Å². The first kappa shape index (κ1) is 27.0. The minimum atomic E-state index is -3.75. The summed E-state index contributed by atoms with van der Waals surface area (Å²) in [5.41, 5.74) is 2.05. The fraction of sp³-hybridized carbons (Fsp3) is 0.462. The number of nitrogens with zero attached hydrogens (tertiary/aromatic N) is 2. The molecule has 0 bridgehead atoms. The van der Waals surface area contributed by atoms with Crippen molar-refractivity contribution in [3.8, 4) is 0 Å². The zero-order valence-electron chi connectivity index (χ0n) is 20.5. The molecule has 190 valence electrons. The van der Waals surface area contributed by atoms with Crippen molar-refractivity contribution in [3.05, 3.63) is 64.7 Å². The molecule has 1 aliphatic rings. The Morgan fingerprint density at radius 1 is 1.06 bits per heavy atom. The molecule has 7 nitrogen and oxygen atoms in total. The van der Waals surface area contributed by atoms with E-state index < -0.39 is 28.5 Å². The third kappa shape index (κ3) is 7.45. The van der Waals surface area contributed by atoms with E-state index in [4.69, 9.17) is 11.6 Å². The van der Waals surface area contributed by atoms with Crippen molar-refractivity contribution < 1.29 is 18.0 Å². The highest BCUT2D eigenvalue weighted by atomic mass is 35.5. The van der Waals surface area contributed by atoms with Gasteiger partial charge in [-0.1, -0.05) is 66.8 Å². The van der Waals surface area contributed by atoms with E-state index >= 15 is 0 Å². The van der Waals surface area contributed by atoms with Crippen LogP contribution >= 0.6 is 11.6 Å². The topological polar surface area (TPSA) is 86.8 Å². The second-order valence-electron chi connectivity index (χ2n) is 9.24. The number of benzene rings is 2. The summed E-state index contributed by atoms with van der Waals surface area (Å²) < 4.78 is 26.3. The van der Waals surface area contributed by atoms with E-state index in [9.17, 15) is 18.0 Å². The quantitative estimate of drug-likeness (QED) is 0.535. The number of anilines is 1. The molecule has 1 aliphatic carbocycles. The van der Waals surface area contributed by atoms with Gasteiger partial charge in [-0.3, -0.25) is 13.9 Å². The highest BCUT2D eigenvalue weighted by molar-refractivity contribution is 7.92. The molecule has 0 aromatic heterocycles. The number of nitrogens with one attached hydrogen (secondary N) is 1. The molecule has 0 heterocycles. The van der Waals surface area contributed by atoms with Crippen LogP contribution in [0.25, 0.3) is 0 Å². The van der Waals surface area contributed by atoms with E-state index in [1.165, 1.54) is 11.3 Å². The largest absolute Gasteiger partial charge is 0.352 e. The highest BCUT2D eigenvalue weighted by Crippen LogP contribution is 2.22. The number of carbonyl (C=O) groups excluding carboxylic acids is 2. The second kappa shape index (κ2) is 11.9. The van der Waals surface area contributed by atoms with Crippen LogP contribution in [-0.4, -0.2) is 50.0 Å². The van der Waals surface area contributed by atoms with Gasteiger partial charge >= 0.3 is 0 Å². The number of carbonyl (C=O) groups is 2. The Bertz CT molecular complexity index is 1130. The van der Waals surface area contributed by atoms with Crippen molar-refractivity contribution in [1.82, 2.24) is 10.2 Å². The molecule has 0 radical (unpaired) electrons. The van der Waals surface area contributed by atoms with Gasteiger partial charge < -0.3 is 10.2 Å². The summed E-state index contributed by atoms with van der Waals surface area (Å²) >= 11 is 6.36. The van der Waals surface area contributed by atoms with Crippen LogP contribution in [0, 0.1) is 6.92 Å². The first-order chi connectivity index (χ1) is 16.6. The Morgan fingerprint density at radius 2 is 1.69 bits per heavy atom. The van der Waals surface area contributed by atoms with Gasteiger partial charge in [0.25, 0.3) is 0 Å². The van der Waals surface area contributed by atoms with E-state index in [-0.39, 0.29) is 18.5 Å². The molecule has 1 unspecified atom stereocenters. The molecule has 2 amide bonds. The van der Waals surface area contributed by atoms with E-state index in [0.29, 0.717) is 16.3 Å². The summed E-state index contributed by atoms with van der Waals surface area (Å²) in [5, 5.41) is 3.55. The van der Waals surface area contributed by atoms with Gasteiger partial charge in [-0.15, -0.1) is 0 Å². The van der Waals surface area contributed by atoms with Crippen LogP contribution in [0.15, 0.2) is 48.5 Å². The fourth-order valence-corrected chi connectivity index (χ4v) is 5.33. The van der Waals surface area contributed by atoms with Gasteiger partial charge in [0, 0.05) is 17.6 Å². The number of hydrogen-bond donors (Lipinski definition) is 1. The molecule has 1 saturated carbocycles. The number of aryl methyl sites for hydroxylation is 1. The van der Waals surface area contributed by atoms with Crippen molar-refractivity contribution >= 4 is 39.1 Å². The lowest BCUT2D eigenvalue weighted by molar-refractivity contribution is -0.139. The van der Waals surface area contributed by atoms with Crippen LogP contribution in [0.1, 0.15) is 50.2 Å². The summed E-state index contributed by atoms with van der Waals surface area (Å²) in [6, 6.07) is 13.3. The predicted octanol–water partition coefficient (Wildman–Crippen LogP) is 4.28. The molecule has 0 spiro atoms. The molecule has 1 fully saturated rings. The average Bonchev–Trinajstić information content (AvgIpc) is 2.82. The Labute approximate surface area is 213 Å². The summed E-state index contributed by atoms with van der Waals surface area (Å²) in [6.07, 6.45) is 6.22. The smallest absolute Gasteiger partial charge is 0.244 e. The van der Waals surface area contributed by atoms with E-state index in [0.717, 1.165) is 41.8 Å². The minimum Gasteiger partial charge on any atom is -0.352 e. The Kier molecular flexibility index (Phi) is 9.19. The van der Waals surface area contributed by atoms with Crippen molar-refractivity contribution in [3.63, 3.8) is 0 Å². The number of amides is 2. The molecule has 35 heavy (non-hydrogen) atoms. The molecule has 3 rings (SSSR count). The zero-order chi connectivity index (χ0) is 25.6. The SMILES string of the molecule is Cc1ccc(N(CC(=O)N(Cc2ccccc2Cl)C(C)C(=O)NC2CCCCC2)S(C)(=O)=O)cc1. The maximum absolute atomic E-state index is 13.6. The van der Waals surface area contributed by atoms with Crippen molar-refractivity contribution in [2.45, 2.75) is 64.6 Å². The minimum absolute atomic E-state index is 0.0866. The third-order valence-electron chi connectivity index (χ3n) is 6.42. The van der Waals surface area contributed by atoms with Crippen molar-refractivity contribution in [2.75, 3.05) is 17.1 Å². The molecular weight excluding hydrogens is 486 g/mol.